The fraction of sp³-hybridized carbons (Fsp3) is 0.0526. The molecule has 0 saturated heterocycles. The van der Waals surface area contributed by atoms with E-state index in [4.69, 9.17) is 4.98 Å². The first-order chi connectivity index (χ1) is 11.7. The third-order valence-corrected chi connectivity index (χ3v) is 5.86. The molecule has 0 spiro atoms. The van der Waals surface area contributed by atoms with Gasteiger partial charge in [-0.15, -0.1) is 22.7 Å². The Morgan fingerprint density at radius 2 is 1.58 bits per heavy atom. The van der Waals surface area contributed by atoms with Crippen molar-refractivity contribution in [1.82, 2.24) is 9.97 Å². The largest absolute Gasteiger partial charge is 0.241 e. The summed E-state index contributed by atoms with van der Waals surface area (Å²) in [5.41, 5.74) is 3.97. The zero-order valence-corrected chi connectivity index (χ0v) is 14.5. The zero-order chi connectivity index (χ0) is 16.5. The van der Waals surface area contributed by atoms with Crippen molar-refractivity contribution >= 4 is 22.7 Å². The van der Waals surface area contributed by atoms with Crippen LogP contribution in [0.15, 0.2) is 60.0 Å². The standard InChI is InChI=1S/C19H13FN2S2/c1-12-17(24-18(21-12)14-7-9-15(20)10-8-14)19-22-16(11-23-19)13-5-3-2-4-6-13/h2-11H,1H3. The minimum Gasteiger partial charge on any atom is -0.241 e. The molecule has 24 heavy (non-hydrogen) atoms. The highest BCUT2D eigenvalue weighted by Gasteiger charge is 2.15. The zero-order valence-electron chi connectivity index (χ0n) is 12.9. The van der Waals surface area contributed by atoms with Gasteiger partial charge in [0.1, 0.15) is 15.8 Å². The monoisotopic (exact) mass is 352 g/mol. The highest BCUT2D eigenvalue weighted by atomic mass is 32.1. The Balaban J connectivity index is 1.70. The molecule has 0 N–H and O–H groups in total. The van der Waals surface area contributed by atoms with Crippen LogP contribution in [-0.4, -0.2) is 9.97 Å². The van der Waals surface area contributed by atoms with Crippen molar-refractivity contribution in [3.05, 3.63) is 71.5 Å². The topological polar surface area (TPSA) is 25.8 Å². The lowest BCUT2D eigenvalue weighted by atomic mass is 10.2. The second-order valence-electron chi connectivity index (χ2n) is 5.34. The Morgan fingerprint density at radius 1 is 0.833 bits per heavy atom. The van der Waals surface area contributed by atoms with Gasteiger partial charge in [0.05, 0.1) is 16.3 Å². The van der Waals surface area contributed by atoms with Gasteiger partial charge < -0.3 is 0 Å². The van der Waals surface area contributed by atoms with E-state index in [1.54, 1.807) is 34.8 Å². The maximum Gasteiger partial charge on any atom is 0.135 e. The number of aromatic nitrogens is 2. The molecule has 0 aliphatic carbocycles. The summed E-state index contributed by atoms with van der Waals surface area (Å²) in [6.45, 7) is 1.99. The summed E-state index contributed by atoms with van der Waals surface area (Å²) in [6.07, 6.45) is 0. The van der Waals surface area contributed by atoms with Gasteiger partial charge in [0.15, 0.2) is 0 Å². The quantitative estimate of drug-likeness (QED) is 0.449. The van der Waals surface area contributed by atoms with Gasteiger partial charge in [0.25, 0.3) is 0 Å². The molecule has 0 fully saturated rings. The van der Waals surface area contributed by atoms with Gasteiger partial charge in [-0.2, -0.15) is 0 Å². The second-order valence-corrected chi connectivity index (χ2v) is 7.20. The molecule has 2 aromatic heterocycles. The maximum atomic E-state index is 13.1. The lowest BCUT2D eigenvalue weighted by Gasteiger charge is -1.95. The molecule has 2 nitrogen and oxygen atoms in total. The van der Waals surface area contributed by atoms with Gasteiger partial charge in [-0.3, -0.25) is 0 Å². The predicted molar refractivity (Wildman–Crippen MR) is 98.8 cm³/mol. The van der Waals surface area contributed by atoms with Crippen LogP contribution in [-0.2, 0) is 0 Å². The van der Waals surface area contributed by atoms with E-state index >= 15 is 0 Å². The van der Waals surface area contributed by atoms with Crippen molar-refractivity contribution in [2.45, 2.75) is 6.92 Å². The molecule has 4 aromatic rings. The predicted octanol–water partition coefficient (Wildman–Crippen LogP) is 6.05. The summed E-state index contributed by atoms with van der Waals surface area (Å²) >= 11 is 3.22. The van der Waals surface area contributed by atoms with Gasteiger partial charge in [0, 0.05) is 16.5 Å². The molecule has 2 aromatic carbocycles. The van der Waals surface area contributed by atoms with Gasteiger partial charge in [0.2, 0.25) is 0 Å². The normalized spacial score (nSPS) is 10.9. The molecule has 0 radical (unpaired) electrons. The van der Waals surface area contributed by atoms with Gasteiger partial charge in [-0.05, 0) is 31.2 Å². The van der Waals surface area contributed by atoms with E-state index in [0.29, 0.717) is 0 Å². The lowest BCUT2D eigenvalue weighted by Crippen LogP contribution is -1.80. The molecular formula is C19H13FN2S2. The Morgan fingerprint density at radius 3 is 2.33 bits per heavy atom. The van der Waals surface area contributed by atoms with Crippen LogP contribution >= 0.6 is 22.7 Å². The Bertz CT molecular complexity index is 972. The second kappa shape index (κ2) is 6.26. The number of rotatable bonds is 3. The van der Waals surface area contributed by atoms with E-state index in [9.17, 15) is 4.39 Å². The van der Waals surface area contributed by atoms with Crippen LogP contribution in [0.2, 0.25) is 0 Å². The number of hydrogen-bond acceptors (Lipinski definition) is 4. The highest BCUT2D eigenvalue weighted by molar-refractivity contribution is 7.23. The summed E-state index contributed by atoms with van der Waals surface area (Å²) in [4.78, 5) is 10.5. The Kier molecular flexibility index (Phi) is 3.96. The summed E-state index contributed by atoms with van der Waals surface area (Å²) in [7, 11) is 0. The molecule has 0 bridgehead atoms. The van der Waals surface area contributed by atoms with Crippen LogP contribution < -0.4 is 0 Å². The third-order valence-electron chi connectivity index (χ3n) is 3.66. The number of nitrogens with zero attached hydrogens (tertiary/aromatic N) is 2. The van der Waals surface area contributed by atoms with Gasteiger partial charge in [-0.25, -0.2) is 14.4 Å². The molecular weight excluding hydrogens is 339 g/mol. The summed E-state index contributed by atoms with van der Waals surface area (Å²) in [5, 5.41) is 3.93. The fourth-order valence-corrected chi connectivity index (χ4v) is 4.47. The molecule has 0 atom stereocenters. The van der Waals surface area contributed by atoms with E-state index in [1.807, 2.05) is 25.1 Å². The van der Waals surface area contributed by atoms with Crippen LogP contribution in [0.5, 0.6) is 0 Å². The maximum absolute atomic E-state index is 13.1. The Labute approximate surface area is 147 Å². The van der Waals surface area contributed by atoms with Gasteiger partial charge >= 0.3 is 0 Å². The summed E-state index contributed by atoms with van der Waals surface area (Å²) in [6, 6.07) is 16.6. The number of aryl methyl sites for hydroxylation is 1. The van der Waals surface area contributed by atoms with Crippen molar-refractivity contribution < 1.29 is 4.39 Å². The molecule has 2 heterocycles. The van der Waals surface area contributed by atoms with Crippen molar-refractivity contribution in [3.63, 3.8) is 0 Å². The Hall–Kier alpha value is -2.37. The summed E-state index contributed by atoms with van der Waals surface area (Å²) < 4.78 is 13.1. The average Bonchev–Trinajstić information content (AvgIpc) is 3.23. The molecule has 118 valence electrons. The van der Waals surface area contributed by atoms with Crippen molar-refractivity contribution in [3.8, 4) is 31.7 Å². The minimum absolute atomic E-state index is 0.236. The third kappa shape index (κ3) is 2.88. The SMILES string of the molecule is Cc1nc(-c2ccc(F)cc2)sc1-c1nc(-c2ccccc2)cs1. The highest BCUT2D eigenvalue weighted by Crippen LogP contribution is 2.38. The van der Waals surface area contributed by atoms with Crippen LogP contribution in [0, 0.1) is 12.7 Å². The van der Waals surface area contributed by atoms with Crippen LogP contribution in [0.3, 0.4) is 0 Å². The first kappa shape index (κ1) is 15.2. The molecule has 0 saturated carbocycles. The molecule has 0 unspecified atom stereocenters. The first-order valence-corrected chi connectivity index (χ1v) is 9.15. The van der Waals surface area contributed by atoms with E-state index in [2.05, 4.69) is 22.5 Å². The molecule has 5 heteroatoms. The number of benzene rings is 2. The first-order valence-electron chi connectivity index (χ1n) is 7.45. The molecule has 0 aliphatic rings. The van der Waals surface area contributed by atoms with E-state index in [0.717, 1.165) is 37.4 Å². The van der Waals surface area contributed by atoms with Crippen LogP contribution in [0.1, 0.15) is 5.69 Å². The molecule has 4 rings (SSSR count). The number of thiazole rings is 2. The van der Waals surface area contributed by atoms with Crippen molar-refractivity contribution in [2.24, 2.45) is 0 Å². The van der Waals surface area contributed by atoms with Crippen LogP contribution in [0.25, 0.3) is 31.7 Å². The molecule has 0 aliphatic heterocycles. The van der Waals surface area contributed by atoms with Crippen LogP contribution in [0.4, 0.5) is 4.39 Å². The van der Waals surface area contributed by atoms with Gasteiger partial charge in [-0.1, -0.05) is 30.3 Å². The smallest absolute Gasteiger partial charge is 0.135 e. The van der Waals surface area contributed by atoms with E-state index < -0.39 is 0 Å². The summed E-state index contributed by atoms with van der Waals surface area (Å²) in [5.74, 6) is -0.236. The fourth-order valence-electron chi connectivity index (χ4n) is 2.43. The van der Waals surface area contributed by atoms with E-state index in [1.165, 1.54) is 12.1 Å². The van der Waals surface area contributed by atoms with Crippen molar-refractivity contribution in [1.29, 1.82) is 0 Å². The molecule has 0 amide bonds. The van der Waals surface area contributed by atoms with Crippen molar-refractivity contribution in [2.75, 3.05) is 0 Å². The lowest BCUT2D eigenvalue weighted by molar-refractivity contribution is 0.628. The number of halogens is 1. The number of hydrogen-bond donors (Lipinski definition) is 0. The minimum atomic E-state index is -0.236. The average molecular weight is 352 g/mol. The van der Waals surface area contributed by atoms with E-state index in [-0.39, 0.29) is 5.82 Å².